The molecule has 3 heteroatoms. The zero-order valence-electron chi connectivity index (χ0n) is 12.4. The predicted octanol–water partition coefficient (Wildman–Crippen LogP) is 4.42. The minimum absolute atomic E-state index is 0.0410. The number of esters is 1. The first-order chi connectivity index (χ1) is 10.7. The summed E-state index contributed by atoms with van der Waals surface area (Å²) in [6, 6.07) is 14.4. The molecule has 22 heavy (non-hydrogen) atoms. The average Bonchev–Trinajstić information content (AvgIpc) is 2.87. The van der Waals surface area contributed by atoms with E-state index in [4.69, 9.17) is 4.74 Å². The maximum atomic E-state index is 13.2. The zero-order valence-corrected chi connectivity index (χ0v) is 12.4. The standard InChI is InChI=1S/C19H17FO2/c1-2-22-19(21)12-18-16-6-4-3-5-14(16)11-17(18)13-7-9-15(20)10-8-13/h3-11,18H,2,12H2,1H3. The topological polar surface area (TPSA) is 26.3 Å². The van der Waals surface area contributed by atoms with Gasteiger partial charge in [0.1, 0.15) is 5.82 Å². The fourth-order valence-corrected chi connectivity index (χ4v) is 2.93. The first-order valence-electron chi connectivity index (χ1n) is 7.41. The van der Waals surface area contributed by atoms with E-state index in [0.29, 0.717) is 13.0 Å². The molecular formula is C19H17FO2. The number of allylic oxidation sites excluding steroid dienone is 1. The van der Waals surface area contributed by atoms with Gasteiger partial charge in [0, 0.05) is 5.92 Å². The smallest absolute Gasteiger partial charge is 0.306 e. The van der Waals surface area contributed by atoms with Crippen molar-refractivity contribution in [2.45, 2.75) is 19.3 Å². The van der Waals surface area contributed by atoms with Gasteiger partial charge in [0.15, 0.2) is 0 Å². The maximum Gasteiger partial charge on any atom is 0.306 e. The van der Waals surface area contributed by atoms with Crippen molar-refractivity contribution in [1.82, 2.24) is 0 Å². The highest BCUT2D eigenvalue weighted by Crippen LogP contribution is 2.43. The molecule has 1 unspecified atom stereocenters. The van der Waals surface area contributed by atoms with E-state index in [1.54, 1.807) is 19.1 Å². The van der Waals surface area contributed by atoms with Crippen molar-refractivity contribution in [1.29, 1.82) is 0 Å². The van der Waals surface area contributed by atoms with Crippen molar-refractivity contribution in [3.63, 3.8) is 0 Å². The lowest BCUT2D eigenvalue weighted by Gasteiger charge is -2.16. The van der Waals surface area contributed by atoms with Gasteiger partial charge in [0.2, 0.25) is 0 Å². The van der Waals surface area contributed by atoms with Crippen molar-refractivity contribution in [3.8, 4) is 0 Å². The Kier molecular flexibility index (Phi) is 4.05. The molecule has 0 amide bonds. The highest BCUT2D eigenvalue weighted by Gasteiger charge is 2.28. The third-order valence-corrected chi connectivity index (χ3v) is 3.91. The molecule has 0 fully saturated rings. The van der Waals surface area contributed by atoms with Crippen molar-refractivity contribution >= 4 is 17.6 Å². The number of rotatable bonds is 4. The molecule has 3 rings (SSSR count). The van der Waals surface area contributed by atoms with Crippen molar-refractivity contribution in [2.75, 3.05) is 6.61 Å². The normalized spacial score (nSPS) is 16.1. The Morgan fingerprint density at radius 1 is 1.14 bits per heavy atom. The Morgan fingerprint density at radius 2 is 1.86 bits per heavy atom. The Balaban J connectivity index is 1.97. The first kappa shape index (κ1) is 14.5. The maximum absolute atomic E-state index is 13.2. The van der Waals surface area contributed by atoms with E-state index >= 15 is 0 Å². The zero-order chi connectivity index (χ0) is 15.5. The number of carbonyl (C=O) groups is 1. The molecular weight excluding hydrogens is 279 g/mol. The van der Waals surface area contributed by atoms with E-state index < -0.39 is 0 Å². The SMILES string of the molecule is CCOC(=O)CC1C(c2ccc(F)cc2)=Cc2ccccc21. The minimum Gasteiger partial charge on any atom is -0.466 e. The molecule has 2 nitrogen and oxygen atoms in total. The van der Waals surface area contributed by atoms with Crippen LogP contribution in [0.1, 0.15) is 36.0 Å². The quantitative estimate of drug-likeness (QED) is 0.781. The van der Waals surface area contributed by atoms with Crippen LogP contribution in [0.4, 0.5) is 4.39 Å². The summed E-state index contributed by atoms with van der Waals surface area (Å²) in [4.78, 5) is 11.9. The Hall–Kier alpha value is -2.42. The van der Waals surface area contributed by atoms with Gasteiger partial charge in [-0.1, -0.05) is 42.5 Å². The summed E-state index contributed by atoms with van der Waals surface area (Å²) in [6.45, 7) is 2.18. The van der Waals surface area contributed by atoms with Gasteiger partial charge in [-0.2, -0.15) is 0 Å². The molecule has 1 atom stereocenters. The second-order valence-electron chi connectivity index (χ2n) is 5.30. The lowest BCUT2D eigenvalue weighted by Crippen LogP contribution is -2.10. The molecule has 0 heterocycles. The van der Waals surface area contributed by atoms with E-state index in [1.807, 2.05) is 24.3 Å². The number of fused-ring (bicyclic) bond motifs is 1. The Labute approximate surface area is 129 Å². The molecule has 2 aromatic rings. The lowest BCUT2D eigenvalue weighted by atomic mass is 9.89. The van der Waals surface area contributed by atoms with Crippen LogP contribution in [0.15, 0.2) is 48.5 Å². The molecule has 0 aromatic heterocycles. The fraction of sp³-hybridized carbons (Fsp3) is 0.211. The molecule has 0 radical (unpaired) electrons. The van der Waals surface area contributed by atoms with E-state index in [2.05, 4.69) is 6.08 Å². The molecule has 0 N–H and O–H groups in total. The van der Waals surface area contributed by atoms with Crippen LogP contribution in [0, 0.1) is 5.82 Å². The molecule has 0 spiro atoms. The molecule has 0 saturated carbocycles. The fourth-order valence-electron chi connectivity index (χ4n) is 2.93. The lowest BCUT2D eigenvalue weighted by molar-refractivity contribution is -0.143. The second kappa shape index (κ2) is 6.14. The molecule has 0 saturated heterocycles. The van der Waals surface area contributed by atoms with E-state index in [0.717, 1.165) is 22.3 Å². The van der Waals surface area contributed by atoms with Gasteiger partial charge in [-0.3, -0.25) is 4.79 Å². The summed E-state index contributed by atoms with van der Waals surface area (Å²) >= 11 is 0. The molecule has 0 aliphatic heterocycles. The summed E-state index contributed by atoms with van der Waals surface area (Å²) < 4.78 is 18.2. The van der Waals surface area contributed by atoms with Crippen LogP contribution < -0.4 is 0 Å². The van der Waals surface area contributed by atoms with Crippen molar-refractivity contribution < 1.29 is 13.9 Å². The van der Waals surface area contributed by atoms with Gasteiger partial charge < -0.3 is 4.74 Å². The van der Waals surface area contributed by atoms with Gasteiger partial charge in [0.05, 0.1) is 13.0 Å². The average molecular weight is 296 g/mol. The van der Waals surface area contributed by atoms with Crippen molar-refractivity contribution in [2.24, 2.45) is 0 Å². The summed E-state index contributed by atoms with van der Waals surface area (Å²) in [6.07, 6.45) is 2.38. The van der Waals surface area contributed by atoms with E-state index in [1.165, 1.54) is 12.1 Å². The van der Waals surface area contributed by atoms with Crippen LogP contribution >= 0.6 is 0 Å². The number of benzene rings is 2. The van der Waals surface area contributed by atoms with Crippen LogP contribution in [0.5, 0.6) is 0 Å². The van der Waals surface area contributed by atoms with Crippen LogP contribution in [0.25, 0.3) is 11.6 Å². The van der Waals surface area contributed by atoms with Gasteiger partial charge in [0.25, 0.3) is 0 Å². The van der Waals surface area contributed by atoms with Gasteiger partial charge in [-0.25, -0.2) is 4.39 Å². The summed E-state index contributed by atoms with van der Waals surface area (Å²) in [5, 5.41) is 0. The van der Waals surface area contributed by atoms with Gasteiger partial charge in [-0.05, 0) is 41.3 Å². The molecule has 112 valence electrons. The predicted molar refractivity (Wildman–Crippen MR) is 84.7 cm³/mol. The highest BCUT2D eigenvalue weighted by atomic mass is 19.1. The van der Waals surface area contributed by atoms with Crippen LogP contribution in [-0.2, 0) is 9.53 Å². The molecule has 2 aromatic carbocycles. The largest absolute Gasteiger partial charge is 0.466 e. The number of hydrogen-bond acceptors (Lipinski definition) is 2. The summed E-state index contributed by atoms with van der Waals surface area (Å²) in [5.41, 5.74) is 4.20. The minimum atomic E-state index is -0.262. The monoisotopic (exact) mass is 296 g/mol. The molecule has 1 aliphatic carbocycles. The Bertz CT molecular complexity index is 716. The highest BCUT2D eigenvalue weighted by molar-refractivity contribution is 5.93. The van der Waals surface area contributed by atoms with Crippen LogP contribution in [-0.4, -0.2) is 12.6 Å². The third kappa shape index (κ3) is 2.80. The third-order valence-electron chi connectivity index (χ3n) is 3.91. The second-order valence-corrected chi connectivity index (χ2v) is 5.30. The van der Waals surface area contributed by atoms with E-state index in [9.17, 15) is 9.18 Å². The molecule has 0 bridgehead atoms. The first-order valence-corrected chi connectivity index (χ1v) is 7.41. The van der Waals surface area contributed by atoms with Crippen LogP contribution in [0.3, 0.4) is 0 Å². The Morgan fingerprint density at radius 3 is 2.59 bits per heavy atom. The number of hydrogen-bond donors (Lipinski definition) is 0. The summed E-state index contributed by atoms with van der Waals surface area (Å²) in [7, 11) is 0. The number of halogens is 1. The molecule has 1 aliphatic rings. The number of carbonyl (C=O) groups excluding carboxylic acids is 1. The van der Waals surface area contributed by atoms with E-state index in [-0.39, 0.29) is 17.7 Å². The number of ether oxygens (including phenoxy) is 1. The van der Waals surface area contributed by atoms with Gasteiger partial charge in [-0.15, -0.1) is 0 Å². The van der Waals surface area contributed by atoms with Gasteiger partial charge >= 0.3 is 5.97 Å². The van der Waals surface area contributed by atoms with Crippen LogP contribution in [0.2, 0.25) is 0 Å². The summed E-state index contributed by atoms with van der Waals surface area (Å²) in [5.74, 6) is -0.514. The van der Waals surface area contributed by atoms with Crippen molar-refractivity contribution in [3.05, 3.63) is 71.0 Å².